The van der Waals surface area contributed by atoms with Gasteiger partial charge in [0.2, 0.25) is 5.90 Å². The van der Waals surface area contributed by atoms with Gasteiger partial charge in [-0.25, -0.2) is 9.79 Å². The highest BCUT2D eigenvalue weighted by molar-refractivity contribution is 7.20. The normalized spacial score (nSPS) is 15.9. The molecule has 1 aromatic carbocycles. The fourth-order valence-corrected chi connectivity index (χ4v) is 3.00. The van der Waals surface area contributed by atoms with Crippen molar-refractivity contribution in [2.24, 2.45) is 4.99 Å². The standard InChI is InChI=1S/C17H16BNO3S/c1-10(2)21-14-6-4-3-5-12(14)16-19-13(17(20)22-16)9-11-7-8-15(18)23-11/h3-10H,18H2,1-2H3/b13-9-. The Morgan fingerprint density at radius 2 is 2.04 bits per heavy atom. The smallest absolute Gasteiger partial charge is 0.363 e. The maximum Gasteiger partial charge on any atom is 0.363 e. The number of nitrogens with zero attached hydrogens (tertiary/aromatic N) is 1. The molecule has 2 aromatic rings. The maximum absolute atomic E-state index is 12.1. The number of carbonyl (C=O) groups excluding carboxylic acids is 1. The van der Waals surface area contributed by atoms with E-state index in [0.29, 0.717) is 17.0 Å². The summed E-state index contributed by atoms with van der Waals surface area (Å²) >= 11 is 1.61. The molecule has 0 bridgehead atoms. The second-order valence-electron chi connectivity index (χ2n) is 5.45. The number of para-hydroxylation sites is 1. The Labute approximate surface area is 139 Å². The molecule has 0 spiro atoms. The van der Waals surface area contributed by atoms with Crippen LogP contribution >= 0.6 is 11.3 Å². The Morgan fingerprint density at radius 1 is 1.26 bits per heavy atom. The molecule has 1 aliphatic rings. The molecular formula is C17H16BNO3S. The topological polar surface area (TPSA) is 47.9 Å². The van der Waals surface area contributed by atoms with Crippen molar-refractivity contribution in [2.45, 2.75) is 20.0 Å². The van der Waals surface area contributed by atoms with Crippen molar-refractivity contribution in [3.05, 3.63) is 52.5 Å². The third-order valence-electron chi connectivity index (χ3n) is 3.14. The van der Waals surface area contributed by atoms with Crippen LogP contribution < -0.4 is 9.51 Å². The number of aliphatic imine (C=N–C) groups is 1. The zero-order valence-corrected chi connectivity index (χ0v) is 14.0. The molecule has 0 saturated heterocycles. The largest absolute Gasteiger partial charge is 0.490 e. The summed E-state index contributed by atoms with van der Waals surface area (Å²) in [4.78, 5) is 17.4. The summed E-state index contributed by atoms with van der Waals surface area (Å²) < 4.78 is 12.3. The van der Waals surface area contributed by atoms with Gasteiger partial charge in [-0.2, -0.15) is 11.3 Å². The van der Waals surface area contributed by atoms with Gasteiger partial charge in [0.15, 0.2) is 13.5 Å². The van der Waals surface area contributed by atoms with Gasteiger partial charge < -0.3 is 9.47 Å². The predicted octanol–water partition coefficient (Wildman–Crippen LogP) is 2.14. The third-order valence-corrected chi connectivity index (χ3v) is 4.09. The highest BCUT2D eigenvalue weighted by Gasteiger charge is 2.26. The molecular weight excluding hydrogens is 309 g/mol. The lowest BCUT2D eigenvalue weighted by Gasteiger charge is -2.13. The van der Waals surface area contributed by atoms with E-state index in [1.54, 1.807) is 17.4 Å². The highest BCUT2D eigenvalue weighted by atomic mass is 32.1. The number of rotatable bonds is 4. The molecule has 1 aliphatic heterocycles. The van der Waals surface area contributed by atoms with E-state index in [2.05, 4.69) is 4.99 Å². The van der Waals surface area contributed by atoms with Crippen LogP contribution in [0.2, 0.25) is 0 Å². The fourth-order valence-electron chi connectivity index (χ4n) is 2.19. The minimum Gasteiger partial charge on any atom is -0.490 e. The van der Waals surface area contributed by atoms with E-state index < -0.39 is 5.97 Å². The van der Waals surface area contributed by atoms with Crippen LogP contribution in [-0.2, 0) is 9.53 Å². The molecule has 6 heteroatoms. The number of esters is 1. The van der Waals surface area contributed by atoms with E-state index in [-0.39, 0.29) is 12.0 Å². The van der Waals surface area contributed by atoms with Crippen LogP contribution in [0.1, 0.15) is 24.3 Å². The molecule has 0 fully saturated rings. The highest BCUT2D eigenvalue weighted by Crippen LogP contribution is 2.26. The van der Waals surface area contributed by atoms with Crippen molar-refractivity contribution in [1.82, 2.24) is 0 Å². The second-order valence-corrected chi connectivity index (χ2v) is 6.77. The molecule has 0 N–H and O–H groups in total. The van der Waals surface area contributed by atoms with Crippen molar-refractivity contribution in [1.29, 1.82) is 0 Å². The molecule has 4 nitrogen and oxygen atoms in total. The van der Waals surface area contributed by atoms with Gasteiger partial charge >= 0.3 is 5.97 Å². The Kier molecular flexibility index (Phi) is 4.34. The van der Waals surface area contributed by atoms with Crippen molar-refractivity contribution < 1.29 is 14.3 Å². The van der Waals surface area contributed by atoms with Crippen LogP contribution in [0.3, 0.4) is 0 Å². The molecule has 0 amide bonds. The summed E-state index contributed by atoms with van der Waals surface area (Å²) in [5.41, 5.74) is 0.988. The van der Waals surface area contributed by atoms with Gasteiger partial charge in [-0.05, 0) is 42.9 Å². The SMILES string of the molecule is Bc1ccc(/C=C2\N=C(c3ccccc3OC(C)C)OC2=O)s1. The molecule has 1 aromatic heterocycles. The van der Waals surface area contributed by atoms with Crippen LogP contribution in [0.4, 0.5) is 0 Å². The third kappa shape index (κ3) is 3.53. The zero-order chi connectivity index (χ0) is 16.4. The molecule has 2 heterocycles. The first-order valence-electron chi connectivity index (χ1n) is 7.38. The molecule has 23 heavy (non-hydrogen) atoms. The Hall–Kier alpha value is -2.34. The minimum atomic E-state index is -0.439. The van der Waals surface area contributed by atoms with Crippen LogP contribution in [-0.4, -0.2) is 25.8 Å². The van der Waals surface area contributed by atoms with E-state index in [1.165, 1.54) is 4.78 Å². The minimum absolute atomic E-state index is 0.0259. The molecule has 116 valence electrons. The number of ether oxygens (including phenoxy) is 2. The molecule has 0 saturated carbocycles. The predicted molar refractivity (Wildman–Crippen MR) is 95.3 cm³/mol. The van der Waals surface area contributed by atoms with Gasteiger partial charge in [0.1, 0.15) is 5.75 Å². The number of hydrogen-bond acceptors (Lipinski definition) is 5. The first-order chi connectivity index (χ1) is 11.0. The quantitative estimate of drug-likeness (QED) is 0.492. The summed E-state index contributed by atoms with van der Waals surface area (Å²) in [6.07, 6.45) is 1.77. The van der Waals surface area contributed by atoms with Crippen LogP contribution in [0.25, 0.3) is 6.08 Å². The van der Waals surface area contributed by atoms with Crippen LogP contribution in [0.15, 0.2) is 47.1 Å². The summed E-state index contributed by atoms with van der Waals surface area (Å²) in [5, 5.41) is 0. The number of hydrogen-bond donors (Lipinski definition) is 0. The van der Waals surface area contributed by atoms with E-state index in [4.69, 9.17) is 9.47 Å². The Balaban J connectivity index is 1.94. The van der Waals surface area contributed by atoms with Crippen LogP contribution in [0, 0.1) is 0 Å². The average Bonchev–Trinajstić information content (AvgIpc) is 3.06. The zero-order valence-electron chi connectivity index (χ0n) is 13.2. The van der Waals surface area contributed by atoms with E-state index in [0.717, 1.165) is 4.88 Å². The van der Waals surface area contributed by atoms with Crippen molar-refractivity contribution >= 4 is 41.9 Å². The molecule has 0 aliphatic carbocycles. The van der Waals surface area contributed by atoms with E-state index >= 15 is 0 Å². The Bertz CT molecular complexity index is 808. The van der Waals surface area contributed by atoms with Gasteiger partial charge in [-0.3, -0.25) is 0 Å². The van der Waals surface area contributed by atoms with Crippen molar-refractivity contribution in [3.8, 4) is 5.75 Å². The molecule has 3 rings (SSSR count). The number of carbonyl (C=O) groups is 1. The van der Waals surface area contributed by atoms with Gasteiger partial charge in [-0.15, -0.1) is 0 Å². The summed E-state index contributed by atoms with van der Waals surface area (Å²) in [7, 11) is 2.02. The number of cyclic esters (lactones) is 1. The van der Waals surface area contributed by atoms with E-state index in [1.807, 2.05) is 58.1 Å². The summed E-state index contributed by atoms with van der Waals surface area (Å²) in [5.74, 6) is 0.499. The molecule has 0 radical (unpaired) electrons. The average molecular weight is 325 g/mol. The second kappa shape index (κ2) is 6.42. The maximum atomic E-state index is 12.1. The van der Waals surface area contributed by atoms with Gasteiger partial charge in [0.05, 0.1) is 11.7 Å². The van der Waals surface area contributed by atoms with Crippen molar-refractivity contribution in [3.63, 3.8) is 0 Å². The molecule has 0 unspecified atom stereocenters. The van der Waals surface area contributed by atoms with Gasteiger partial charge in [0, 0.05) is 4.88 Å². The first-order valence-corrected chi connectivity index (χ1v) is 8.19. The van der Waals surface area contributed by atoms with E-state index in [9.17, 15) is 4.79 Å². The lowest BCUT2D eigenvalue weighted by Crippen LogP contribution is -2.11. The summed E-state index contributed by atoms with van der Waals surface area (Å²) in [6, 6.07) is 11.4. The first kappa shape index (κ1) is 15.6. The molecule has 0 atom stereocenters. The van der Waals surface area contributed by atoms with Crippen LogP contribution in [0.5, 0.6) is 5.75 Å². The Morgan fingerprint density at radius 3 is 2.74 bits per heavy atom. The lowest BCUT2D eigenvalue weighted by atomic mass is 10.1. The fraction of sp³-hybridized carbons (Fsp3) is 0.176. The van der Waals surface area contributed by atoms with Gasteiger partial charge in [-0.1, -0.05) is 18.2 Å². The van der Waals surface area contributed by atoms with Gasteiger partial charge in [0.25, 0.3) is 0 Å². The lowest BCUT2D eigenvalue weighted by molar-refractivity contribution is -0.129. The van der Waals surface area contributed by atoms with Crippen molar-refractivity contribution in [2.75, 3.05) is 0 Å². The monoisotopic (exact) mass is 325 g/mol. The number of thiophene rings is 1. The summed E-state index contributed by atoms with van der Waals surface area (Å²) in [6.45, 7) is 3.90. The number of benzene rings is 1.